The van der Waals surface area contributed by atoms with Crippen LogP contribution in [0.25, 0.3) is 10.8 Å². The van der Waals surface area contributed by atoms with E-state index >= 15 is 0 Å². The molecule has 0 bridgehead atoms. The van der Waals surface area contributed by atoms with Gasteiger partial charge in [0.25, 0.3) is 5.56 Å². The Bertz CT molecular complexity index is 1150. The van der Waals surface area contributed by atoms with E-state index in [-0.39, 0.29) is 22.5 Å². The number of fused-ring (bicyclic) bond motifs is 1. The number of ketones is 1. The fourth-order valence-electron chi connectivity index (χ4n) is 3.24. The molecule has 6 heteroatoms. The Labute approximate surface area is 175 Å². The number of aryl methyl sites for hydroxylation is 1. The van der Waals surface area contributed by atoms with E-state index < -0.39 is 12.1 Å². The van der Waals surface area contributed by atoms with Crippen molar-refractivity contribution >= 4 is 22.5 Å². The summed E-state index contributed by atoms with van der Waals surface area (Å²) >= 11 is 0. The second kappa shape index (κ2) is 8.22. The molecular weight excluding hydrogens is 380 g/mol. The maximum atomic E-state index is 12.8. The molecule has 0 fully saturated rings. The van der Waals surface area contributed by atoms with Crippen LogP contribution in [0.4, 0.5) is 0 Å². The maximum Gasteiger partial charge on any atom is 0.360 e. The molecular formula is C24H26N2O4. The summed E-state index contributed by atoms with van der Waals surface area (Å²) in [6.07, 6.45) is -0.986. The van der Waals surface area contributed by atoms with E-state index in [9.17, 15) is 14.4 Å². The zero-order chi connectivity index (χ0) is 22.1. The standard InChI is InChI=1S/C24H26N2O4/c1-6-26-22(28)19-10-8-7-9-18(19)20(25-26)23(29)30-15(2)21(27)16-11-13-17(14-12-16)24(3,4)5/h7-15H,6H2,1-5H3. The van der Waals surface area contributed by atoms with Crippen LogP contribution >= 0.6 is 0 Å². The van der Waals surface area contributed by atoms with Crippen molar-refractivity contribution in [3.05, 3.63) is 75.7 Å². The lowest BCUT2D eigenvalue weighted by Crippen LogP contribution is -2.29. The average Bonchev–Trinajstić information content (AvgIpc) is 2.73. The lowest BCUT2D eigenvalue weighted by Gasteiger charge is -2.19. The van der Waals surface area contributed by atoms with Crippen molar-refractivity contribution < 1.29 is 14.3 Å². The highest BCUT2D eigenvalue weighted by Crippen LogP contribution is 2.23. The van der Waals surface area contributed by atoms with Crippen molar-refractivity contribution in [3.63, 3.8) is 0 Å². The van der Waals surface area contributed by atoms with Gasteiger partial charge in [0, 0.05) is 17.5 Å². The SMILES string of the molecule is CCn1nc(C(=O)OC(C)C(=O)c2ccc(C(C)(C)C)cc2)c2ccccc2c1=O. The van der Waals surface area contributed by atoms with Gasteiger partial charge in [-0.25, -0.2) is 9.48 Å². The summed E-state index contributed by atoms with van der Waals surface area (Å²) in [5, 5.41) is 4.96. The minimum absolute atomic E-state index is 0.0191. The van der Waals surface area contributed by atoms with Crippen LogP contribution in [0.15, 0.2) is 53.3 Å². The number of rotatable bonds is 5. The molecule has 2 aromatic carbocycles. The Morgan fingerprint density at radius 3 is 2.20 bits per heavy atom. The second-order valence-electron chi connectivity index (χ2n) is 8.25. The Morgan fingerprint density at radius 2 is 1.63 bits per heavy atom. The molecule has 3 rings (SSSR count). The van der Waals surface area contributed by atoms with Crippen molar-refractivity contribution in [1.29, 1.82) is 0 Å². The summed E-state index contributed by atoms with van der Waals surface area (Å²) in [7, 11) is 0. The number of carbonyl (C=O) groups excluding carboxylic acids is 2. The molecule has 1 heterocycles. The number of hydrogen-bond donors (Lipinski definition) is 0. The first-order chi connectivity index (χ1) is 14.1. The third-order valence-corrected chi connectivity index (χ3v) is 5.05. The number of ether oxygens (including phenoxy) is 1. The van der Waals surface area contributed by atoms with Crippen molar-refractivity contribution in [1.82, 2.24) is 9.78 Å². The molecule has 1 atom stereocenters. The number of nitrogens with zero attached hydrogens (tertiary/aromatic N) is 2. The zero-order valence-electron chi connectivity index (χ0n) is 17.9. The normalized spacial score (nSPS) is 12.6. The number of carbonyl (C=O) groups is 2. The van der Waals surface area contributed by atoms with E-state index in [2.05, 4.69) is 25.9 Å². The molecule has 1 unspecified atom stereocenters. The molecule has 0 amide bonds. The summed E-state index contributed by atoms with van der Waals surface area (Å²) < 4.78 is 6.65. The van der Waals surface area contributed by atoms with Crippen LogP contribution in [0, 0.1) is 0 Å². The molecule has 6 nitrogen and oxygen atoms in total. The fourth-order valence-corrected chi connectivity index (χ4v) is 3.24. The van der Waals surface area contributed by atoms with Gasteiger partial charge in [0.15, 0.2) is 11.8 Å². The highest BCUT2D eigenvalue weighted by molar-refractivity contribution is 6.05. The highest BCUT2D eigenvalue weighted by Gasteiger charge is 2.24. The molecule has 0 N–H and O–H groups in total. The summed E-state index contributed by atoms with van der Waals surface area (Å²) in [4.78, 5) is 38.0. The van der Waals surface area contributed by atoms with Crippen LogP contribution in [0.2, 0.25) is 0 Å². The first-order valence-electron chi connectivity index (χ1n) is 9.99. The molecule has 3 aromatic rings. The maximum absolute atomic E-state index is 12.8. The zero-order valence-corrected chi connectivity index (χ0v) is 17.9. The van der Waals surface area contributed by atoms with Gasteiger partial charge >= 0.3 is 5.97 Å². The molecule has 0 saturated carbocycles. The van der Waals surface area contributed by atoms with Crippen LogP contribution in [0.5, 0.6) is 0 Å². The van der Waals surface area contributed by atoms with E-state index in [0.717, 1.165) is 5.56 Å². The van der Waals surface area contributed by atoms with Gasteiger partial charge in [0.2, 0.25) is 5.78 Å². The topological polar surface area (TPSA) is 78.3 Å². The average molecular weight is 406 g/mol. The first-order valence-corrected chi connectivity index (χ1v) is 9.99. The molecule has 0 saturated heterocycles. The minimum Gasteiger partial charge on any atom is -0.449 e. The van der Waals surface area contributed by atoms with Gasteiger partial charge in [-0.05, 0) is 30.9 Å². The Hall–Kier alpha value is -3.28. The summed E-state index contributed by atoms with van der Waals surface area (Å²) in [5.41, 5.74) is 1.32. The van der Waals surface area contributed by atoms with Gasteiger partial charge in [-0.3, -0.25) is 9.59 Å². The van der Waals surface area contributed by atoms with Gasteiger partial charge in [0.05, 0.1) is 5.39 Å². The van der Waals surface area contributed by atoms with Gasteiger partial charge in [-0.15, -0.1) is 0 Å². The highest BCUT2D eigenvalue weighted by atomic mass is 16.5. The molecule has 0 aliphatic heterocycles. The van der Waals surface area contributed by atoms with E-state index in [0.29, 0.717) is 22.9 Å². The van der Waals surface area contributed by atoms with Gasteiger partial charge in [0.1, 0.15) is 0 Å². The molecule has 156 valence electrons. The molecule has 0 aliphatic carbocycles. The van der Waals surface area contributed by atoms with E-state index in [4.69, 9.17) is 4.74 Å². The smallest absolute Gasteiger partial charge is 0.360 e. The quantitative estimate of drug-likeness (QED) is 0.470. The number of esters is 1. The van der Waals surface area contributed by atoms with Gasteiger partial charge in [-0.2, -0.15) is 5.10 Å². The van der Waals surface area contributed by atoms with E-state index in [1.165, 1.54) is 11.6 Å². The third-order valence-electron chi connectivity index (χ3n) is 5.05. The van der Waals surface area contributed by atoms with Crippen molar-refractivity contribution in [3.8, 4) is 0 Å². The van der Waals surface area contributed by atoms with E-state index in [1.54, 1.807) is 43.3 Å². The Balaban J connectivity index is 1.86. The predicted octanol–water partition coefficient (Wildman–Crippen LogP) is 4.14. The fraction of sp³-hybridized carbons (Fsp3) is 0.333. The summed E-state index contributed by atoms with van der Waals surface area (Å²) in [6, 6.07) is 14.1. The van der Waals surface area contributed by atoms with Crippen LogP contribution < -0.4 is 5.56 Å². The van der Waals surface area contributed by atoms with Gasteiger partial charge < -0.3 is 4.74 Å². The van der Waals surface area contributed by atoms with Crippen LogP contribution in [0.1, 0.15) is 61.0 Å². The molecule has 30 heavy (non-hydrogen) atoms. The summed E-state index contributed by atoms with van der Waals surface area (Å²) in [5.74, 6) is -1.03. The van der Waals surface area contributed by atoms with Crippen molar-refractivity contribution in [2.45, 2.75) is 52.7 Å². The molecule has 0 aliphatic rings. The molecule has 0 spiro atoms. The summed E-state index contributed by atoms with van der Waals surface area (Å²) in [6.45, 7) is 9.92. The number of benzene rings is 2. The minimum atomic E-state index is -0.986. The Kier molecular flexibility index (Phi) is 5.87. The van der Waals surface area contributed by atoms with Crippen LogP contribution in [-0.4, -0.2) is 27.6 Å². The monoisotopic (exact) mass is 406 g/mol. The lowest BCUT2D eigenvalue weighted by molar-refractivity contribution is 0.0313. The number of Topliss-reactive ketones (excluding diaryl/α,β-unsaturated/α-hetero) is 1. The number of hydrogen-bond acceptors (Lipinski definition) is 5. The van der Waals surface area contributed by atoms with Crippen molar-refractivity contribution in [2.75, 3.05) is 0 Å². The van der Waals surface area contributed by atoms with Crippen LogP contribution in [-0.2, 0) is 16.7 Å². The Morgan fingerprint density at radius 1 is 1.03 bits per heavy atom. The largest absolute Gasteiger partial charge is 0.449 e. The molecule has 0 radical (unpaired) electrons. The lowest BCUT2D eigenvalue weighted by atomic mass is 9.86. The number of aromatic nitrogens is 2. The molecule has 1 aromatic heterocycles. The van der Waals surface area contributed by atoms with Crippen LogP contribution in [0.3, 0.4) is 0 Å². The van der Waals surface area contributed by atoms with Crippen molar-refractivity contribution in [2.24, 2.45) is 0 Å². The first kappa shape index (κ1) is 21.4. The predicted molar refractivity (Wildman–Crippen MR) is 116 cm³/mol. The third kappa shape index (κ3) is 4.17. The van der Waals surface area contributed by atoms with E-state index in [1.807, 2.05) is 12.1 Å². The van der Waals surface area contributed by atoms with Gasteiger partial charge in [-0.1, -0.05) is 63.2 Å². The second-order valence-corrected chi connectivity index (χ2v) is 8.25.